The first kappa shape index (κ1) is 18.0. The Balaban J connectivity index is 1.91. The average molecular weight is 345 g/mol. The van der Waals surface area contributed by atoms with Gasteiger partial charge in [-0.1, -0.05) is 29.3 Å². The van der Waals surface area contributed by atoms with Crippen molar-refractivity contribution in [2.24, 2.45) is 5.10 Å². The summed E-state index contributed by atoms with van der Waals surface area (Å²) in [4.78, 5) is 11.8. The van der Waals surface area contributed by atoms with Gasteiger partial charge in [-0.2, -0.15) is 5.10 Å². The highest BCUT2D eigenvalue weighted by molar-refractivity contribution is 6.30. The number of hydrogen-bond acceptors (Lipinski definition) is 3. The summed E-state index contributed by atoms with van der Waals surface area (Å²) in [6.07, 6.45) is 1.66. The zero-order valence-corrected chi connectivity index (χ0v) is 15.1. The number of carbonyl (C=O) groups is 1. The maximum atomic E-state index is 11.8. The van der Waals surface area contributed by atoms with E-state index in [1.54, 1.807) is 24.4 Å². The quantitative estimate of drug-likeness (QED) is 0.655. The second-order valence-corrected chi connectivity index (χ2v) is 6.24. The SMILES string of the molecule is Cc1cc(C)c(C=NNC(=O)COc2ccc(Cl)cc2C)c(C)c1. The summed E-state index contributed by atoms with van der Waals surface area (Å²) in [5.74, 6) is 0.312. The highest BCUT2D eigenvalue weighted by Crippen LogP contribution is 2.21. The number of rotatable bonds is 5. The molecule has 0 aliphatic rings. The molecule has 0 bridgehead atoms. The van der Waals surface area contributed by atoms with Gasteiger partial charge in [0.25, 0.3) is 5.91 Å². The number of benzene rings is 2. The van der Waals surface area contributed by atoms with E-state index in [9.17, 15) is 4.79 Å². The van der Waals surface area contributed by atoms with Gasteiger partial charge in [-0.05, 0) is 62.6 Å². The Labute approximate surface area is 147 Å². The number of amides is 1. The summed E-state index contributed by atoms with van der Waals surface area (Å²) in [5, 5.41) is 4.65. The molecule has 5 heteroatoms. The number of aryl methyl sites for hydroxylation is 4. The van der Waals surface area contributed by atoms with Crippen LogP contribution >= 0.6 is 11.6 Å². The van der Waals surface area contributed by atoms with Crippen LogP contribution in [-0.2, 0) is 4.79 Å². The molecule has 0 saturated heterocycles. The van der Waals surface area contributed by atoms with Gasteiger partial charge >= 0.3 is 0 Å². The number of nitrogens with zero attached hydrogens (tertiary/aromatic N) is 1. The molecule has 2 aromatic rings. The molecule has 0 fully saturated rings. The maximum absolute atomic E-state index is 11.8. The van der Waals surface area contributed by atoms with Crippen LogP contribution in [0.3, 0.4) is 0 Å². The van der Waals surface area contributed by atoms with Crippen LogP contribution in [0.5, 0.6) is 5.75 Å². The first-order valence-electron chi connectivity index (χ1n) is 7.65. The third-order valence-corrected chi connectivity index (χ3v) is 3.85. The van der Waals surface area contributed by atoms with Crippen LogP contribution in [0.1, 0.15) is 27.8 Å². The molecule has 0 aliphatic carbocycles. The second-order valence-electron chi connectivity index (χ2n) is 5.80. The zero-order valence-electron chi connectivity index (χ0n) is 14.3. The highest BCUT2D eigenvalue weighted by Gasteiger charge is 2.05. The van der Waals surface area contributed by atoms with Crippen molar-refractivity contribution in [1.82, 2.24) is 5.43 Å². The predicted molar refractivity (Wildman–Crippen MR) is 98.1 cm³/mol. The molecule has 0 atom stereocenters. The maximum Gasteiger partial charge on any atom is 0.277 e. The van der Waals surface area contributed by atoms with Crippen LogP contribution in [0.15, 0.2) is 35.4 Å². The molecule has 1 N–H and O–H groups in total. The van der Waals surface area contributed by atoms with E-state index >= 15 is 0 Å². The minimum absolute atomic E-state index is 0.105. The number of ether oxygens (including phenoxy) is 1. The number of nitrogens with one attached hydrogen (secondary N) is 1. The third kappa shape index (κ3) is 4.83. The van der Waals surface area contributed by atoms with Gasteiger partial charge in [0.1, 0.15) is 5.75 Å². The molecule has 0 heterocycles. The Morgan fingerprint density at radius 2 is 1.79 bits per heavy atom. The van der Waals surface area contributed by atoms with Crippen molar-refractivity contribution in [1.29, 1.82) is 0 Å². The lowest BCUT2D eigenvalue weighted by atomic mass is 10.0. The van der Waals surface area contributed by atoms with E-state index < -0.39 is 0 Å². The van der Waals surface area contributed by atoms with Crippen molar-refractivity contribution in [2.45, 2.75) is 27.7 Å². The standard InChI is InChI=1S/C19H21ClN2O2/c1-12-7-13(2)17(14(3)8-12)10-21-22-19(23)11-24-18-6-5-16(20)9-15(18)4/h5-10H,11H2,1-4H3,(H,22,23). The Bertz CT molecular complexity index is 762. The van der Waals surface area contributed by atoms with Gasteiger partial charge in [0.05, 0.1) is 6.21 Å². The first-order valence-corrected chi connectivity index (χ1v) is 8.03. The van der Waals surface area contributed by atoms with Crippen molar-refractivity contribution >= 4 is 23.7 Å². The smallest absolute Gasteiger partial charge is 0.277 e. The van der Waals surface area contributed by atoms with Gasteiger partial charge in [-0.25, -0.2) is 5.43 Å². The third-order valence-electron chi connectivity index (χ3n) is 3.62. The number of halogens is 1. The second kappa shape index (κ2) is 7.97. The van der Waals surface area contributed by atoms with Crippen LogP contribution in [0.4, 0.5) is 0 Å². The van der Waals surface area contributed by atoms with E-state index in [4.69, 9.17) is 16.3 Å². The Morgan fingerprint density at radius 1 is 1.12 bits per heavy atom. The van der Waals surface area contributed by atoms with Crippen LogP contribution in [0, 0.1) is 27.7 Å². The summed E-state index contributed by atoms with van der Waals surface area (Å²) in [7, 11) is 0. The van der Waals surface area contributed by atoms with E-state index in [-0.39, 0.29) is 12.5 Å². The van der Waals surface area contributed by atoms with Crippen LogP contribution < -0.4 is 10.2 Å². The van der Waals surface area contributed by atoms with E-state index in [2.05, 4.69) is 29.6 Å². The Morgan fingerprint density at radius 3 is 2.42 bits per heavy atom. The molecule has 0 spiro atoms. The minimum atomic E-state index is -0.317. The molecule has 126 valence electrons. The molecule has 0 radical (unpaired) electrons. The molecular weight excluding hydrogens is 324 g/mol. The highest BCUT2D eigenvalue weighted by atomic mass is 35.5. The minimum Gasteiger partial charge on any atom is -0.483 e. The van der Waals surface area contributed by atoms with Crippen molar-refractivity contribution in [3.63, 3.8) is 0 Å². The van der Waals surface area contributed by atoms with Gasteiger partial charge < -0.3 is 4.74 Å². The number of hydrogen-bond donors (Lipinski definition) is 1. The summed E-state index contributed by atoms with van der Waals surface area (Å²) in [6, 6.07) is 9.43. The lowest BCUT2D eigenvalue weighted by molar-refractivity contribution is -0.123. The molecule has 4 nitrogen and oxygen atoms in total. The summed E-state index contributed by atoms with van der Waals surface area (Å²) < 4.78 is 5.47. The van der Waals surface area contributed by atoms with Gasteiger partial charge in [-0.15, -0.1) is 0 Å². The summed E-state index contributed by atoms with van der Waals surface area (Å²) >= 11 is 5.89. The molecule has 1 amide bonds. The van der Waals surface area contributed by atoms with Gasteiger partial charge in [0.15, 0.2) is 6.61 Å². The van der Waals surface area contributed by atoms with Crippen LogP contribution in [0.2, 0.25) is 5.02 Å². The lowest BCUT2D eigenvalue weighted by Gasteiger charge is -2.09. The lowest BCUT2D eigenvalue weighted by Crippen LogP contribution is -2.24. The fourth-order valence-corrected chi connectivity index (χ4v) is 2.74. The fourth-order valence-electron chi connectivity index (χ4n) is 2.51. The first-order chi connectivity index (χ1) is 11.4. The number of hydrazone groups is 1. The Kier molecular flexibility index (Phi) is 5.99. The molecule has 0 saturated carbocycles. The largest absolute Gasteiger partial charge is 0.483 e. The van der Waals surface area contributed by atoms with Crippen LogP contribution in [0.25, 0.3) is 0 Å². The molecule has 2 aromatic carbocycles. The van der Waals surface area contributed by atoms with E-state index in [0.29, 0.717) is 10.8 Å². The Hall–Kier alpha value is -2.33. The van der Waals surface area contributed by atoms with Gasteiger partial charge in [0.2, 0.25) is 0 Å². The van der Waals surface area contributed by atoms with E-state index in [1.165, 1.54) is 5.56 Å². The molecule has 24 heavy (non-hydrogen) atoms. The molecule has 2 rings (SSSR count). The summed E-state index contributed by atoms with van der Waals surface area (Å²) in [6.45, 7) is 7.87. The van der Waals surface area contributed by atoms with E-state index in [1.807, 2.05) is 20.8 Å². The average Bonchev–Trinajstić information content (AvgIpc) is 2.49. The van der Waals surface area contributed by atoms with Gasteiger partial charge in [0, 0.05) is 10.6 Å². The predicted octanol–water partition coefficient (Wildman–Crippen LogP) is 4.10. The molecule has 0 unspecified atom stereocenters. The molecule has 0 aromatic heterocycles. The zero-order chi connectivity index (χ0) is 17.7. The van der Waals surface area contributed by atoms with Crippen molar-refractivity contribution in [3.8, 4) is 5.75 Å². The fraction of sp³-hybridized carbons (Fsp3) is 0.263. The normalized spacial score (nSPS) is 10.9. The monoisotopic (exact) mass is 344 g/mol. The van der Waals surface area contributed by atoms with Crippen molar-refractivity contribution in [3.05, 3.63) is 63.2 Å². The topological polar surface area (TPSA) is 50.7 Å². The molecular formula is C19H21ClN2O2. The van der Waals surface area contributed by atoms with E-state index in [0.717, 1.165) is 22.3 Å². The molecule has 0 aliphatic heterocycles. The summed E-state index contributed by atoms with van der Waals surface area (Å²) in [5.41, 5.74) is 7.82. The van der Waals surface area contributed by atoms with Crippen LogP contribution in [-0.4, -0.2) is 18.7 Å². The van der Waals surface area contributed by atoms with Crippen molar-refractivity contribution in [2.75, 3.05) is 6.61 Å². The number of carbonyl (C=O) groups excluding carboxylic acids is 1. The van der Waals surface area contributed by atoms with Crippen molar-refractivity contribution < 1.29 is 9.53 Å². The van der Waals surface area contributed by atoms with Gasteiger partial charge in [-0.3, -0.25) is 4.79 Å².